The predicted octanol–water partition coefficient (Wildman–Crippen LogP) is 1.09. The van der Waals surface area contributed by atoms with Crippen LogP contribution in [0.25, 0.3) is 0 Å². The van der Waals surface area contributed by atoms with E-state index in [9.17, 15) is 13.2 Å². The van der Waals surface area contributed by atoms with Gasteiger partial charge in [0.25, 0.3) is 0 Å². The average molecular weight is 281 g/mol. The molecular weight excluding hydrogens is 262 g/mol. The van der Waals surface area contributed by atoms with Gasteiger partial charge in [0.1, 0.15) is 9.84 Å². The quantitative estimate of drug-likeness (QED) is 0.877. The molecule has 1 aliphatic heterocycles. The van der Waals surface area contributed by atoms with E-state index >= 15 is 0 Å². The summed E-state index contributed by atoms with van der Waals surface area (Å²) in [5.41, 5.74) is 2.39. The lowest BCUT2D eigenvalue weighted by Crippen LogP contribution is -2.42. The van der Waals surface area contributed by atoms with Gasteiger partial charge in [-0.15, -0.1) is 0 Å². The Morgan fingerprint density at radius 2 is 2.00 bits per heavy atom. The van der Waals surface area contributed by atoms with Crippen molar-refractivity contribution in [1.82, 2.24) is 5.32 Å². The molecule has 0 fully saturated rings. The molecule has 0 spiro atoms. The van der Waals surface area contributed by atoms with Crippen molar-refractivity contribution in [3.63, 3.8) is 0 Å². The standard InChI is InChI=1S/C14H19NO3S/c1-2-19(17,18)8-7-14(16)13-9-11-5-3-4-6-12(11)10-15-13/h3-6,13,15H,2,7-10H2,1H3. The highest BCUT2D eigenvalue weighted by Gasteiger charge is 2.24. The van der Waals surface area contributed by atoms with Crippen LogP contribution in [-0.4, -0.2) is 31.7 Å². The van der Waals surface area contributed by atoms with Gasteiger partial charge in [0.05, 0.1) is 11.8 Å². The number of ketones is 1. The molecule has 0 radical (unpaired) electrons. The molecule has 0 aromatic heterocycles. The zero-order chi connectivity index (χ0) is 13.9. The van der Waals surface area contributed by atoms with Gasteiger partial charge in [-0.2, -0.15) is 0 Å². The first-order valence-corrected chi connectivity index (χ1v) is 8.37. The summed E-state index contributed by atoms with van der Waals surface area (Å²) >= 11 is 0. The second kappa shape index (κ2) is 5.84. The summed E-state index contributed by atoms with van der Waals surface area (Å²) in [4.78, 5) is 12.0. The fourth-order valence-corrected chi connectivity index (χ4v) is 3.06. The molecule has 0 bridgehead atoms. The molecule has 4 nitrogen and oxygen atoms in total. The number of nitrogens with one attached hydrogen (secondary N) is 1. The molecule has 0 amide bonds. The number of rotatable bonds is 5. The first kappa shape index (κ1) is 14.2. The number of carbonyl (C=O) groups excluding carboxylic acids is 1. The number of sulfone groups is 1. The van der Waals surface area contributed by atoms with Crippen LogP contribution in [0.2, 0.25) is 0 Å². The van der Waals surface area contributed by atoms with Gasteiger partial charge in [-0.05, 0) is 17.5 Å². The molecule has 0 saturated carbocycles. The Hall–Kier alpha value is -1.20. The monoisotopic (exact) mass is 281 g/mol. The van der Waals surface area contributed by atoms with Crippen LogP contribution in [0.1, 0.15) is 24.5 Å². The van der Waals surface area contributed by atoms with Gasteiger partial charge < -0.3 is 5.32 Å². The SMILES string of the molecule is CCS(=O)(=O)CCC(=O)C1Cc2ccccc2CN1. The van der Waals surface area contributed by atoms with Crippen LogP contribution in [0.4, 0.5) is 0 Å². The van der Waals surface area contributed by atoms with Crippen molar-refractivity contribution < 1.29 is 13.2 Å². The summed E-state index contributed by atoms with van der Waals surface area (Å²) in [5, 5.41) is 3.18. The highest BCUT2D eigenvalue weighted by atomic mass is 32.2. The zero-order valence-corrected chi connectivity index (χ0v) is 11.9. The average Bonchev–Trinajstić information content (AvgIpc) is 2.44. The van der Waals surface area contributed by atoms with Gasteiger partial charge in [0.2, 0.25) is 0 Å². The van der Waals surface area contributed by atoms with Crippen LogP contribution in [-0.2, 0) is 27.6 Å². The third-order valence-corrected chi connectivity index (χ3v) is 5.28. The fraction of sp³-hybridized carbons (Fsp3) is 0.500. The summed E-state index contributed by atoms with van der Waals surface area (Å²) < 4.78 is 22.8. The molecule has 104 valence electrons. The summed E-state index contributed by atoms with van der Waals surface area (Å²) in [6.45, 7) is 2.28. The van der Waals surface area contributed by atoms with Crippen LogP contribution < -0.4 is 5.32 Å². The highest BCUT2D eigenvalue weighted by Crippen LogP contribution is 2.17. The topological polar surface area (TPSA) is 63.2 Å². The van der Waals surface area contributed by atoms with E-state index in [1.165, 1.54) is 11.1 Å². The molecule has 0 aliphatic carbocycles. The van der Waals surface area contributed by atoms with Crippen molar-refractivity contribution in [2.24, 2.45) is 0 Å². The number of Topliss-reactive ketones (excluding diaryl/α,β-unsaturated/α-hetero) is 1. The zero-order valence-electron chi connectivity index (χ0n) is 11.1. The molecule has 5 heteroatoms. The van der Waals surface area contributed by atoms with Gasteiger partial charge in [-0.1, -0.05) is 31.2 Å². The number of fused-ring (bicyclic) bond motifs is 1. The highest BCUT2D eigenvalue weighted by molar-refractivity contribution is 7.91. The molecule has 0 saturated heterocycles. The molecule has 19 heavy (non-hydrogen) atoms. The Bertz CT molecular complexity index is 566. The minimum atomic E-state index is -3.06. The molecule has 1 unspecified atom stereocenters. The molecule has 1 aromatic carbocycles. The van der Waals surface area contributed by atoms with Gasteiger partial charge in [0.15, 0.2) is 5.78 Å². The molecule has 1 atom stereocenters. The van der Waals surface area contributed by atoms with E-state index in [4.69, 9.17) is 0 Å². The molecule has 1 N–H and O–H groups in total. The van der Waals surface area contributed by atoms with E-state index in [1.807, 2.05) is 24.3 Å². The van der Waals surface area contributed by atoms with Crippen molar-refractivity contribution >= 4 is 15.6 Å². The fourth-order valence-electron chi connectivity index (χ4n) is 2.26. The summed E-state index contributed by atoms with van der Waals surface area (Å²) in [6.07, 6.45) is 0.761. The Labute approximate surface area is 114 Å². The van der Waals surface area contributed by atoms with E-state index in [1.54, 1.807) is 6.92 Å². The van der Waals surface area contributed by atoms with E-state index in [2.05, 4.69) is 5.32 Å². The van der Waals surface area contributed by atoms with E-state index in [-0.39, 0.29) is 29.8 Å². The van der Waals surface area contributed by atoms with Gasteiger partial charge in [-0.25, -0.2) is 8.42 Å². The smallest absolute Gasteiger partial charge is 0.151 e. The Morgan fingerprint density at radius 3 is 2.68 bits per heavy atom. The molecule has 1 aromatic rings. The first-order valence-electron chi connectivity index (χ1n) is 6.55. The maximum Gasteiger partial charge on any atom is 0.151 e. The summed E-state index contributed by atoms with van der Waals surface area (Å²) in [7, 11) is -3.06. The van der Waals surface area contributed by atoms with Crippen LogP contribution in [0.3, 0.4) is 0 Å². The van der Waals surface area contributed by atoms with Crippen LogP contribution in [0.15, 0.2) is 24.3 Å². The van der Waals surface area contributed by atoms with Crippen molar-refractivity contribution in [3.05, 3.63) is 35.4 Å². The molecule has 1 heterocycles. The maximum atomic E-state index is 12.0. The second-order valence-corrected chi connectivity index (χ2v) is 7.33. The number of hydrogen-bond acceptors (Lipinski definition) is 4. The normalized spacial score (nSPS) is 18.9. The predicted molar refractivity (Wildman–Crippen MR) is 74.7 cm³/mol. The number of carbonyl (C=O) groups is 1. The first-order chi connectivity index (χ1) is 9.02. The Balaban J connectivity index is 1.96. The van der Waals surface area contributed by atoms with E-state index in [0.717, 1.165) is 0 Å². The van der Waals surface area contributed by atoms with Crippen molar-refractivity contribution in [2.75, 3.05) is 11.5 Å². The van der Waals surface area contributed by atoms with Crippen LogP contribution >= 0.6 is 0 Å². The third-order valence-electron chi connectivity index (χ3n) is 3.57. The summed E-state index contributed by atoms with van der Waals surface area (Å²) in [5.74, 6) is 0.0511. The van der Waals surface area contributed by atoms with Crippen molar-refractivity contribution in [2.45, 2.75) is 32.4 Å². The van der Waals surface area contributed by atoms with Gasteiger partial charge >= 0.3 is 0 Å². The van der Waals surface area contributed by atoms with E-state index < -0.39 is 9.84 Å². The largest absolute Gasteiger partial charge is 0.303 e. The minimum absolute atomic E-state index is 0.00784. The van der Waals surface area contributed by atoms with E-state index in [0.29, 0.717) is 13.0 Å². The summed E-state index contributed by atoms with van der Waals surface area (Å²) in [6, 6.07) is 7.77. The Morgan fingerprint density at radius 1 is 1.32 bits per heavy atom. The molecular formula is C14H19NO3S. The van der Waals surface area contributed by atoms with Gasteiger partial charge in [-0.3, -0.25) is 4.79 Å². The maximum absolute atomic E-state index is 12.0. The third kappa shape index (κ3) is 3.64. The van der Waals surface area contributed by atoms with Gasteiger partial charge in [0, 0.05) is 18.7 Å². The van der Waals surface area contributed by atoms with Crippen molar-refractivity contribution in [1.29, 1.82) is 0 Å². The molecule has 1 aliphatic rings. The Kier molecular flexibility index (Phi) is 4.37. The van der Waals surface area contributed by atoms with Crippen LogP contribution in [0.5, 0.6) is 0 Å². The number of benzene rings is 1. The number of hydrogen-bond donors (Lipinski definition) is 1. The van der Waals surface area contributed by atoms with Crippen LogP contribution in [0, 0.1) is 0 Å². The lowest BCUT2D eigenvalue weighted by molar-refractivity contribution is -0.120. The lowest BCUT2D eigenvalue weighted by Gasteiger charge is -2.25. The molecule has 2 rings (SSSR count). The lowest BCUT2D eigenvalue weighted by atomic mass is 9.93. The second-order valence-electron chi connectivity index (χ2n) is 4.86. The van der Waals surface area contributed by atoms with Crippen molar-refractivity contribution in [3.8, 4) is 0 Å². The minimum Gasteiger partial charge on any atom is -0.303 e.